The van der Waals surface area contributed by atoms with Crippen LogP contribution in [0.25, 0.3) is 0 Å². The predicted molar refractivity (Wildman–Crippen MR) is 101 cm³/mol. The quantitative estimate of drug-likeness (QED) is 0.775. The van der Waals surface area contributed by atoms with Crippen molar-refractivity contribution < 1.29 is 4.79 Å². The molecule has 0 bridgehead atoms. The van der Waals surface area contributed by atoms with E-state index >= 15 is 0 Å². The standard InChI is InChI=1S/C16H18BrN3O.2ClH/c17-14-7-8-15(19-11-14)16(21)20(10-4-9-18)12-13-5-2-1-3-6-13;;/h1-3,5-8,11H,4,9-10,12,18H2;2*1H. The van der Waals surface area contributed by atoms with E-state index in [0.29, 0.717) is 25.3 Å². The lowest BCUT2D eigenvalue weighted by Gasteiger charge is -2.22. The molecule has 126 valence electrons. The summed E-state index contributed by atoms with van der Waals surface area (Å²) in [6, 6.07) is 13.5. The molecule has 0 unspecified atom stereocenters. The molecular weight excluding hydrogens is 401 g/mol. The van der Waals surface area contributed by atoms with E-state index in [1.807, 2.05) is 36.4 Å². The Labute approximate surface area is 157 Å². The summed E-state index contributed by atoms with van der Waals surface area (Å²) >= 11 is 3.32. The van der Waals surface area contributed by atoms with E-state index in [0.717, 1.165) is 16.5 Å². The molecule has 1 heterocycles. The van der Waals surface area contributed by atoms with Gasteiger partial charge in [0, 0.05) is 23.8 Å². The number of rotatable bonds is 6. The van der Waals surface area contributed by atoms with Crippen LogP contribution >= 0.6 is 40.7 Å². The van der Waals surface area contributed by atoms with Crippen molar-refractivity contribution in [2.45, 2.75) is 13.0 Å². The molecule has 0 atom stereocenters. The molecule has 1 aromatic heterocycles. The number of nitrogens with two attached hydrogens (primary N) is 1. The van der Waals surface area contributed by atoms with Gasteiger partial charge in [-0.3, -0.25) is 4.79 Å². The van der Waals surface area contributed by atoms with Gasteiger partial charge in [-0.2, -0.15) is 0 Å². The fourth-order valence-corrected chi connectivity index (χ4v) is 2.24. The topological polar surface area (TPSA) is 59.2 Å². The van der Waals surface area contributed by atoms with Crippen LogP contribution in [0.1, 0.15) is 22.5 Å². The first kappa shape index (κ1) is 21.9. The van der Waals surface area contributed by atoms with E-state index in [2.05, 4.69) is 20.9 Å². The van der Waals surface area contributed by atoms with Crippen molar-refractivity contribution in [2.24, 2.45) is 5.73 Å². The number of amides is 1. The second kappa shape index (κ2) is 11.4. The van der Waals surface area contributed by atoms with E-state index in [-0.39, 0.29) is 30.7 Å². The number of halogens is 3. The summed E-state index contributed by atoms with van der Waals surface area (Å²) in [6.45, 7) is 1.76. The zero-order valence-corrected chi connectivity index (χ0v) is 15.7. The van der Waals surface area contributed by atoms with Crippen molar-refractivity contribution in [3.8, 4) is 0 Å². The maximum Gasteiger partial charge on any atom is 0.272 e. The maximum absolute atomic E-state index is 12.6. The second-order valence-corrected chi connectivity index (χ2v) is 5.63. The molecule has 0 aliphatic heterocycles. The average Bonchev–Trinajstić information content (AvgIpc) is 2.52. The lowest BCUT2D eigenvalue weighted by molar-refractivity contribution is 0.0736. The molecule has 1 amide bonds. The summed E-state index contributed by atoms with van der Waals surface area (Å²) in [5.41, 5.74) is 7.12. The summed E-state index contributed by atoms with van der Waals surface area (Å²) in [6.07, 6.45) is 2.41. The zero-order valence-electron chi connectivity index (χ0n) is 12.5. The molecule has 0 aliphatic rings. The van der Waals surface area contributed by atoms with Crippen molar-refractivity contribution in [1.82, 2.24) is 9.88 Å². The van der Waals surface area contributed by atoms with Gasteiger partial charge in [0.1, 0.15) is 5.69 Å². The Balaban J connectivity index is 0.00000242. The molecule has 2 rings (SSSR count). The molecule has 0 spiro atoms. The van der Waals surface area contributed by atoms with E-state index < -0.39 is 0 Å². The molecule has 0 aliphatic carbocycles. The first-order valence-electron chi connectivity index (χ1n) is 6.85. The summed E-state index contributed by atoms with van der Waals surface area (Å²) < 4.78 is 0.857. The number of hydrogen-bond acceptors (Lipinski definition) is 3. The van der Waals surface area contributed by atoms with Gasteiger partial charge in [-0.25, -0.2) is 4.98 Å². The fourth-order valence-electron chi connectivity index (χ4n) is 2.00. The van der Waals surface area contributed by atoms with Crippen molar-refractivity contribution in [2.75, 3.05) is 13.1 Å². The molecule has 0 saturated carbocycles. The summed E-state index contributed by atoms with van der Waals surface area (Å²) in [5.74, 6) is -0.0696. The number of aromatic nitrogens is 1. The first-order chi connectivity index (χ1) is 10.2. The Morgan fingerprint density at radius 2 is 1.83 bits per heavy atom. The van der Waals surface area contributed by atoms with Gasteiger partial charge in [0.2, 0.25) is 0 Å². The molecule has 2 aromatic rings. The van der Waals surface area contributed by atoms with E-state index in [9.17, 15) is 4.79 Å². The Hall–Kier alpha value is -1.14. The normalized spacial score (nSPS) is 9.48. The van der Waals surface area contributed by atoms with E-state index in [1.54, 1.807) is 17.2 Å². The third kappa shape index (κ3) is 6.87. The number of nitrogens with zero attached hydrogens (tertiary/aromatic N) is 2. The van der Waals surface area contributed by atoms with Crippen LogP contribution in [0.15, 0.2) is 53.1 Å². The van der Waals surface area contributed by atoms with Gasteiger partial charge in [0.25, 0.3) is 5.91 Å². The SMILES string of the molecule is Cl.Cl.NCCCN(Cc1ccccc1)C(=O)c1ccc(Br)cn1. The second-order valence-electron chi connectivity index (χ2n) is 4.72. The van der Waals surface area contributed by atoms with Gasteiger partial charge in [0.15, 0.2) is 0 Å². The highest BCUT2D eigenvalue weighted by Gasteiger charge is 2.16. The van der Waals surface area contributed by atoms with Gasteiger partial charge >= 0.3 is 0 Å². The lowest BCUT2D eigenvalue weighted by Crippen LogP contribution is -2.33. The van der Waals surface area contributed by atoms with Crippen LogP contribution in [0.2, 0.25) is 0 Å². The molecule has 7 heteroatoms. The van der Waals surface area contributed by atoms with Crippen molar-refractivity contribution in [1.29, 1.82) is 0 Å². The highest BCUT2D eigenvalue weighted by atomic mass is 79.9. The van der Waals surface area contributed by atoms with Crippen molar-refractivity contribution >= 4 is 46.7 Å². The summed E-state index contributed by atoms with van der Waals surface area (Å²) in [5, 5.41) is 0. The summed E-state index contributed by atoms with van der Waals surface area (Å²) in [7, 11) is 0. The molecule has 0 fully saturated rings. The van der Waals surface area contributed by atoms with Gasteiger partial charge in [-0.1, -0.05) is 30.3 Å². The molecule has 2 N–H and O–H groups in total. The third-order valence-corrected chi connectivity index (χ3v) is 3.55. The van der Waals surface area contributed by atoms with Crippen LogP contribution < -0.4 is 5.73 Å². The van der Waals surface area contributed by atoms with E-state index in [1.165, 1.54) is 0 Å². The Morgan fingerprint density at radius 3 is 2.39 bits per heavy atom. The highest BCUT2D eigenvalue weighted by Crippen LogP contribution is 2.12. The Bertz CT molecular complexity index is 582. The Morgan fingerprint density at radius 1 is 1.13 bits per heavy atom. The first-order valence-corrected chi connectivity index (χ1v) is 7.65. The summed E-state index contributed by atoms with van der Waals surface area (Å²) in [4.78, 5) is 18.5. The third-order valence-electron chi connectivity index (χ3n) is 3.08. The average molecular weight is 421 g/mol. The van der Waals surface area contributed by atoms with Crippen LogP contribution in [-0.4, -0.2) is 28.9 Å². The smallest absolute Gasteiger partial charge is 0.272 e. The van der Waals surface area contributed by atoms with Gasteiger partial charge in [0.05, 0.1) is 0 Å². The molecule has 4 nitrogen and oxygen atoms in total. The number of hydrogen-bond donors (Lipinski definition) is 1. The maximum atomic E-state index is 12.6. The minimum absolute atomic E-state index is 0. The highest BCUT2D eigenvalue weighted by molar-refractivity contribution is 9.10. The predicted octanol–water partition coefficient (Wildman–Crippen LogP) is 3.68. The molecule has 0 saturated heterocycles. The van der Waals surface area contributed by atoms with Crippen molar-refractivity contribution in [3.63, 3.8) is 0 Å². The monoisotopic (exact) mass is 419 g/mol. The number of carbonyl (C=O) groups is 1. The van der Waals surface area contributed by atoms with Crippen LogP contribution in [0, 0.1) is 0 Å². The van der Waals surface area contributed by atoms with Crippen LogP contribution in [-0.2, 0) is 6.54 Å². The molecule has 0 radical (unpaired) electrons. The molecule has 1 aromatic carbocycles. The van der Waals surface area contributed by atoms with E-state index in [4.69, 9.17) is 5.73 Å². The lowest BCUT2D eigenvalue weighted by atomic mass is 10.2. The largest absolute Gasteiger partial charge is 0.333 e. The minimum atomic E-state index is -0.0696. The van der Waals surface area contributed by atoms with Crippen LogP contribution in [0.5, 0.6) is 0 Å². The molecular formula is C16H20BrCl2N3O. The number of benzene rings is 1. The Kier molecular flexibility index (Phi) is 10.8. The van der Waals surface area contributed by atoms with Crippen LogP contribution in [0.3, 0.4) is 0 Å². The van der Waals surface area contributed by atoms with Crippen molar-refractivity contribution in [3.05, 3.63) is 64.4 Å². The zero-order chi connectivity index (χ0) is 15.1. The molecule has 23 heavy (non-hydrogen) atoms. The number of pyridine rings is 1. The van der Waals surface area contributed by atoms with Crippen LogP contribution in [0.4, 0.5) is 0 Å². The van der Waals surface area contributed by atoms with Gasteiger partial charge in [-0.15, -0.1) is 24.8 Å². The van der Waals surface area contributed by atoms with Gasteiger partial charge < -0.3 is 10.6 Å². The fraction of sp³-hybridized carbons (Fsp3) is 0.250. The minimum Gasteiger partial charge on any atom is -0.333 e. The number of carbonyl (C=O) groups excluding carboxylic acids is 1. The van der Waals surface area contributed by atoms with Gasteiger partial charge in [-0.05, 0) is 46.6 Å².